The third kappa shape index (κ3) is 2.93. The van der Waals surface area contributed by atoms with Gasteiger partial charge in [-0.1, -0.05) is 41.9 Å². The topological polar surface area (TPSA) is 60.5 Å². The fourth-order valence-corrected chi connectivity index (χ4v) is 4.96. The summed E-state index contributed by atoms with van der Waals surface area (Å²) in [4.78, 5) is 17.6. The SMILES string of the molecule is O=C(Nc1nc(-c2ccccc2)cs1)c1sc2cc3c(cc2c1Cl)OCO3. The molecule has 1 aliphatic heterocycles. The molecule has 5 nitrogen and oxygen atoms in total. The second-order valence-corrected chi connectivity index (χ2v) is 8.09. The Hall–Kier alpha value is -2.61. The van der Waals surface area contributed by atoms with E-state index in [1.165, 1.54) is 22.7 Å². The molecule has 4 aromatic rings. The molecule has 0 unspecified atom stereocenters. The number of ether oxygens (including phenoxy) is 2. The predicted molar refractivity (Wildman–Crippen MR) is 108 cm³/mol. The van der Waals surface area contributed by atoms with Gasteiger partial charge in [0, 0.05) is 27.1 Å². The minimum Gasteiger partial charge on any atom is -0.454 e. The number of halogens is 1. The summed E-state index contributed by atoms with van der Waals surface area (Å²) >= 11 is 9.15. The van der Waals surface area contributed by atoms with E-state index in [9.17, 15) is 4.79 Å². The molecule has 1 aliphatic rings. The maximum atomic E-state index is 12.7. The van der Waals surface area contributed by atoms with E-state index in [0.29, 0.717) is 26.5 Å². The molecule has 0 bridgehead atoms. The first-order valence-electron chi connectivity index (χ1n) is 8.03. The minimum absolute atomic E-state index is 0.200. The van der Waals surface area contributed by atoms with E-state index in [4.69, 9.17) is 21.1 Å². The average Bonchev–Trinajstić information content (AvgIpc) is 3.40. The Morgan fingerprint density at radius 1 is 1.15 bits per heavy atom. The molecule has 134 valence electrons. The number of thiazole rings is 1. The van der Waals surface area contributed by atoms with Crippen molar-refractivity contribution in [1.29, 1.82) is 0 Å². The second-order valence-electron chi connectivity index (χ2n) is 5.80. The van der Waals surface area contributed by atoms with E-state index in [-0.39, 0.29) is 12.7 Å². The number of nitrogens with one attached hydrogen (secondary N) is 1. The van der Waals surface area contributed by atoms with Crippen LogP contribution in [-0.4, -0.2) is 17.7 Å². The van der Waals surface area contributed by atoms with Gasteiger partial charge in [-0.3, -0.25) is 10.1 Å². The summed E-state index contributed by atoms with van der Waals surface area (Å²) in [5.41, 5.74) is 1.83. The lowest BCUT2D eigenvalue weighted by Gasteiger charge is -2.00. The molecule has 0 atom stereocenters. The van der Waals surface area contributed by atoms with E-state index < -0.39 is 0 Å². The fourth-order valence-electron chi connectivity index (χ4n) is 2.83. The molecule has 0 aliphatic carbocycles. The highest BCUT2D eigenvalue weighted by atomic mass is 35.5. The lowest BCUT2D eigenvalue weighted by Crippen LogP contribution is -2.10. The summed E-state index contributed by atoms with van der Waals surface area (Å²) in [5.74, 6) is 1.03. The Morgan fingerprint density at radius 3 is 2.74 bits per heavy atom. The fraction of sp³-hybridized carbons (Fsp3) is 0.0526. The van der Waals surface area contributed by atoms with Crippen molar-refractivity contribution in [3.05, 3.63) is 57.7 Å². The molecule has 0 spiro atoms. The van der Waals surface area contributed by atoms with Gasteiger partial charge in [0.25, 0.3) is 5.91 Å². The zero-order valence-electron chi connectivity index (χ0n) is 13.7. The molecule has 27 heavy (non-hydrogen) atoms. The third-order valence-corrected chi connectivity index (χ3v) is 6.54. The van der Waals surface area contributed by atoms with E-state index in [1.807, 2.05) is 47.8 Å². The number of carbonyl (C=O) groups excluding carboxylic acids is 1. The maximum absolute atomic E-state index is 12.7. The number of nitrogens with zero attached hydrogens (tertiary/aromatic N) is 1. The molecule has 2 aromatic heterocycles. The van der Waals surface area contributed by atoms with Crippen LogP contribution >= 0.6 is 34.3 Å². The quantitative estimate of drug-likeness (QED) is 0.470. The van der Waals surface area contributed by atoms with Gasteiger partial charge in [-0.2, -0.15) is 0 Å². The first-order chi connectivity index (χ1) is 13.2. The molecule has 0 saturated carbocycles. The van der Waals surface area contributed by atoms with Crippen molar-refractivity contribution in [3.8, 4) is 22.8 Å². The van der Waals surface area contributed by atoms with Gasteiger partial charge in [-0.05, 0) is 6.07 Å². The predicted octanol–water partition coefficient (Wildman–Crippen LogP) is 5.66. The normalized spacial score (nSPS) is 12.5. The van der Waals surface area contributed by atoms with Gasteiger partial charge in [0.05, 0.1) is 10.7 Å². The van der Waals surface area contributed by atoms with Gasteiger partial charge in [-0.25, -0.2) is 4.98 Å². The number of hydrogen-bond donors (Lipinski definition) is 1. The molecule has 0 fully saturated rings. The molecular formula is C19H11ClN2O3S2. The molecule has 2 aromatic carbocycles. The number of rotatable bonds is 3. The first-order valence-corrected chi connectivity index (χ1v) is 10.1. The third-order valence-electron chi connectivity index (χ3n) is 4.12. The largest absolute Gasteiger partial charge is 0.454 e. The van der Waals surface area contributed by atoms with E-state index in [1.54, 1.807) is 0 Å². The number of aromatic nitrogens is 1. The van der Waals surface area contributed by atoms with E-state index in [0.717, 1.165) is 21.3 Å². The maximum Gasteiger partial charge on any atom is 0.269 e. The lowest BCUT2D eigenvalue weighted by molar-refractivity contribution is 0.103. The average molecular weight is 415 g/mol. The van der Waals surface area contributed by atoms with E-state index in [2.05, 4.69) is 10.3 Å². The first kappa shape index (κ1) is 16.6. The van der Waals surface area contributed by atoms with Gasteiger partial charge in [0.1, 0.15) is 4.88 Å². The zero-order valence-corrected chi connectivity index (χ0v) is 16.1. The molecule has 1 N–H and O–H groups in total. The van der Waals surface area contributed by atoms with Crippen LogP contribution in [0.2, 0.25) is 5.02 Å². The molecule has 1 amide bonds. The number of benzene rings is 2. The van der Waals surface area contributed by atoms with Crippen molar-refractivity contribution in [3.63, 3.8) is 0 Å². The van der Waals surface area contributed by atoms with Crippen LogP contribution in [0.25, 0.3) is 21.3 Å². The number of thiophene rings is 1. The molecule has 8 heteroatoms. The monoisotopic (exact) mass is 414 g/mol. The van der Waals surface area contributed by atoms with Gasteiger partial charge in [0.2, 0.25) is 6.79 Å². The summed E-state index contributed by atoms with van der Waals surface area (Å²) in [6.07, 6.45) is 0. The molecule has 0 radical (unpaired) electrons. The van der Waals surface area contributed by atoms with Crippen molar-refractivity contribution in [2.24, 2.45) is 0 Å². The van der Waals surface area contributed by atoms with Crippen LogP contribution < -0.4 is 14.8 Å². The van der Waals surface area contributed by atoms with Gasteiger partial charge in [-0.15, -0.1) is 22.7 Å². The molecule has 0 saturated heterocycles. The van der Waals surface area contributed by atoms with Crippen molar-refractivity contribution in [2.45, 2.75) is 0 Å². The van der Waals surface area contributed by atoms with Crippen LogP contribution in [0.5, 0.6) is 11.5 Å². The number of amides is 1. The Bertz CT molecular complexity index is 1170. The molecule has 3 heterocycles. The number of fused-ring (bicyclic) bond motifs is 2. The van der Waals surface area contributed by atoms with Gasteiger partial charge in [0.15, 0.2) is 16.6 Å². The summed E-state index contributed by atoms with van der Waals surface area (Å²) in [6.45, 7) is 0.200. The second kappa shape index (κ2) is 6.53. The Labute approximate surface area is 167 Å². The summed E-state index contributed by atoms with van der Waals surface area (Å²) < 4.78 is 11.6. The standard InChI is InChI=1S/C19H11ClN2O3S2/c20-16-11-6-13-14(25-9-24-13)7-15(11)27-17(16)18(23)22-19-21-12(8-26-19)10-4-2-1-3-5-10/h1-8H,9H2,(H,21,22,23). The van der Waals surface area contributed by atoms with Crippen LogP contribution in [0.3, 0.4) is 0 Å². The zero-order chi connectivity index (χ0) is 18.4. The van der Waals surface area contributed by atoms with Gasteiger partial charge >= 0.3 is 0 Å². The van der Waals surface area contributed by atoms with Crippen LogP contribution in [0, 0.1) is 0 Å². The minimum atomic E-state index is -0.280. The van der Waals surface area contributed by atoms with Crippen molar-refractivity contribution in [1.82, 2.24) is 4.98 Å². The number of anilines is 1. The summed E-state index contributed by atoms with van der Waals surface area (Å²) in [6, 6.07) is 13.5. The smallest absolute Gasteiger partial charge is 0.269 e. The molecule has 5 rings (SSSR count). The number of hydrogen-bond acceptors (Lipinski definition) is 6. The van der Waals surface area contributed by atoms with Crippen LogP contribution in [-0.2, 0) is 0 Å². The van der Waals surface area contributed by atoms with Crippen LogP contribution in [0.4, 0.5) is 5.13 Å². The Kier molecular flexibility index (Phi) is 4.00. The highest BCUT2D eigenvalue weighted by Crippen LogP contribution is 2.43. The van der Waals surface area contributed by atoms with Crippen molar-refractivity contribution in [2.75, 3.05) is 12.1 Å². The highest BCUT2D eigenvalue weighted by molar-refractivity contribution is 7.22. The Balaban J connectivity index is 1.43. The highest BCUT2D eigenvalue weighted by Gasteiger charge is 2.22. The van der Waals surface area contributed by atoms with Crippen molar-refractivity contribution >= 4 is 55.4 Å². The van der Waals surface area contributed by atoms with Crippen LogP contribution in [0.1, 0.15) is 9.67 Å². The summed E-state index contributed by atoms with van der Waals surface area (Å²) in [7, 11) is 0. The Morgan fingerprint density at radius 2 is 1.93 bits per heavy atom. The van der Waals surface area contributed by atoms with Gasteiger partial charge < -0.3 is 9.47 Å². The van der Waals surface area contributed by atoms with E-state index >= 15 is 0 Å². The summed E-state index contributed by atoms with van der Waals surface area (Å²) in [5, 5.41) is 6.47. The van der Waals surface area contributed by atoms with Crippen molar-refractivity contribution < 1.29 is 14.3 Å². The lowest BCUT2D eigenvalue weighted by atomic mass is 10.2. The number of carbonyl (C=O) groups is 1. The van der Waals surface area contributed by atoms with Crippen LogP contribution in [0.15, 0.2) is 47.8 Å². The molecular weight excluding hydrogens is 404 g/mol.